The Kier molecular flexibility index (Phi) is 14.0. The van der Waals surface area contributed by atoms with Gasteiger partial charge in [0.25, 0.3) is 18.3 Å². The van der Waals surface area contributed by atoms with Crippen molar-refractivity contribution in [2.45, 2.75) is 50.2 Å². The van der Waals surface area contributed by atoms with Gasteiger partial charge in [0.2, 0.25) is 18.1 Å². The number of carbonyl (C=O) groups is 6. The summed E-state index contributed by atoms with van der Waals surface area (Å²) in [4.78, 5) is 70.7. The van der Waals surface area contributed by atoms with E-state index in [4.69, 9.17) is 23.7 Å². The number of benzene rings is 1. The number of carboxylic acid groups (broad SMARTS) is 1. The number of nitrogens with zero attached hydrogens (tertiary/aromatic N) is 1. The minimum absolute atomic E-state index is 0.00242. The van der Waals surface area contributed by atoms with Crippen LogP contribution in [0.2, 0.25) is 0 Å². The molecule has 1 fully saturated rings. The van der Waals surface area contributed by atoms with Gasteiger partial charge in [-0.15, -0.1) is 0 Å². The number of hydrogen-bond donors (Lipinski definition) is 6. The first-order chi connectivity index (χ1) is 22.0. The van der Waals surface area contributed by atoms with Gasteiger partial charge in [0, 0.05) is 31.5 Å². The highest BCUT2D eigenvalue weighted by Gasteiger charge is 2.48. The smallest absolute Gasteiger partial charge is 0.335 e. The van der Waals surface area contributed by atoms with E-state index in [0.717, 1.165) is 4.90 Å². The van der Waals surface area contributed by atoms with Crippen LogP contribution >= 0.6 is 0 Å². The molecule has 0 aliphatic carbocycles. The molecule has 0 saturated carbocycles. The van der Waals surface area contributed by atoms with E-state index in [9.17, 15) is 49.2 Å². The summed E-state index contributed by atoms with van der Waals surface area (Å²) in [5, 5.41) is 44.6. The first kappa shape index (κ1) is 36.0. The third-order valence-electron chi connectivity index (χ3n) is 6.57. The van der Waals surface area contributed by atoms with Crippen molar-refractivity contribution in [3.63, 3.8) is 0 Å². The second kappa shape index (κ2) is 17.9. The summed E-state index contributed by atoms with van der Waals surface area (Å²) in [6, 6.07) is 4.16. The highest BCUT2D eigenvalue weighted by Crippen LogP contribution is 2.31. The predicted octanol–water partition coefficient (Wildman–Crippen LogP) is -2.58. The molecule has 3 rings (SSSR count). The maximum Gasteiger partial charge on any atom is 0.335 e. The standard InChI is InChI=1S/C28H35N3O15/c32-15-44-14-16-1-2-18(45-28-25(39)23(37)24(38)26(46-28)27(40)41)17(13-16)30-20(34)5-7-29-19(33)6-9-42-11-12-43-10-8-31-21(35)3-4-22(31)36/h1-4,13,15,23-26,28,37-39H,5-12,14H2,(H,29,33)(H,30,34)(H,40,41)/t23-,24-,25+,26-,28+/m0/s1. The lowest BCUT2D eigenvalue weighted by molar-refractivity contribution is -0.271. The van der Waals surface area contributed by atoms with Crippen molar-refractivity contribution >= 4 is 41.8 Å². The first-order valence-electron chi connectivity index (χ1n) is 14.0. The number of rotatable bonds is 19. The summed E-state index contributed by atoms with van der Waals surface area (Å²) >= 11 is 0. The number of carboxylic acids is 1. The van der Waals surface area contributed by atoms with Crippen LogP contribution < -0.4 is 15.4 Å². The van der Waals surface area contributed by atoms with Gasteiger partial charge in [-0.1, -0.05) is 6.07 Å². The van der Waals surface area contributed by atoms with E-state index in [2.05, 4.69) is 10.6 Å². The summed E-state index contributed by atoms with van der Waals surface area (Å²) in [6.45, 7) is 0.718. The molecule has 1 aromatic carbocycles. The number of imide groups is 1. The molecule has 0 spiro atoms. The molecule has 5 atom stereocenters. The van der Waals surface area contributed by atoms with Crippen LogP contribution in [0, 0.1) is 0 Å². The average Bonchev–Trinajstić information content (AvgIpc) is 3.34. The number of carbonyl (C=O) groups excluding carboxylic acids is 5. The Labute approximate surface area is 261 Å². The second-order valence-electron chi connectivity index (χ2n) is 9.88. The third-order valence-corrected chi connectivity index (χ3v) is 6.57. The van der Waals surface area contributed by atoms with Crippen molar-refractivity contribution in [3.8, 4) is 5.75 Å². The Balaban J connectivity index is 1.41. The fourth-order valence-corrected chi connectivity index (χ4v) is 4.18. The number of aliphatic hydroxyl groups excluding tert-OH is 3. The van der Waals surface area contributed by atoms with E-state index in [-0.39, 0.29) is 82.8 Å². The van der Waals surface area contributed by atoms with Crippen molar-refractivity contribution in [1.29, 1.82) is 0 Å². The molecule has 1 saturated heterocycles. The Hall–Kier alpha value is -4.46. The van der Waals surface area contributed by atoms with Crippen molar-refractivity contribution in [2.75, 3.05) is 44.8 Å². The molecule has 1 aromatic rings. The van der Waals surface area contributed by atoms with Crippen molar-refractivity contribution < 1.29 is 72.9 Å². The Morgan fingerprint density at radius 3 is 2.28 bits per heavy atom. The Bertz CT molecular complexity index is 1270. The van der Waals surface area contributed by atoms with E-state index < -0.39 is 54.4 Å². The number of aliphatic hydroxyl groups is 3. The van der Waals surface area contributed by atoms with Crippen molar-refractivity contribution in [2.24, 2.45) is 0 Å². The minimum atomic E-state index is -1.93. The molecule has 0 unspecified atom stereocenters. The van der Waals surface area contributed by atoms with E-state index in [1.165, 1.54) is 30.4 Å². The number of amides is 4. The topological polar surface area (TPSA) is 257 Å². The molecule has 0 bridgehead atoms. The zero-order valence-corrected chi connectivity index (χ0v) is 24.4. The maximum atomic E-state index is 12.7. The number of ether oxygens (including phenoxy) is 5. The molecule has 2 heterocycles. The highest BCUT2D eigenvalue weighted by molar-refractivity contribution is 6.12. The van der Waals surface area contributed by atoms with Crippen LogP contribution in [0.5, 0.6) is 5.75 Å². The average molecular weight is 654 g/mol. The molecule has 46 heavy (non-hydrogen) atoms. The van der Waals surface area contributed by atoms with Crippen LogP contribution in [-0.2, 0) is 54.3 Å². The van der Waals surface area contributed by atoms with Gasteiger partial charge >= 0.3 is 5.97 Å². The molecule has 0 radical (unpaired) electrons. The monoisotopic (exact) mass is 653 g/mol. The van der Waals surface area contributed by atoms with Crippen LogP contribution in [0.3, 0.4) is 0 Å². The van der Waals surface area contributed by atoms with Gasteiger partial charge < -0.3 is 54.7 Å². The molecule has 4 amide bonds. The lowest BCUT2D eigenvalue weighted by atomic mass is 9.99. The van der Waals surface area contributed by atoms with E-state index in [1.54, 1.807) is 0 Å². The molecule has 18 heteroatoms. The van der Waals surface area contributed by atoms with E-state index in [1.807, 2.05) is 0 Å². The summed E-state index contributed by atoms with van der Waals surface area (Å²) in [5.74, 6) is -3.47. The normalized spacial score (nSPS) is 22.4. The number of anilines is 1. The number of nitrogens with one attached hydrogen (secondary N) is 2. The molecule has 252 valence electrons. The van der Waals surface area contributed by atoms with Gasteiger partial charge in [-0.05, 0) is 17.7 Å². The van der Waals surface area contributed by atoms with Crippen LogP contribution in [0.25, 0.3) is 0 Å². The summed E-state index contributed by atoms with van der Waals surface area (Å²) < 4.78 is 26.0. The minimum Gasteiger partial charge on any atom is -0.479 e. The molecular formula is C28H35N3O15. The van der Waals surface area contributed by atoms with Crippen molar-refractivity contribution in [3.05, 3.63) is 35.9 Å². The lowest BCUT2D eigenvalue weighted by Gasteiger charge is -2.38. The number of aliphatic carboxylic acids is 1. The van der Waals surface area contributed by atoms with Crippen LogP contribution in [0.4, 0.5) is 5.69 Å². The molecule has 0 aromatic heterocycles. The largest absolute Gasteiger partial charge is 0.479 e. The zero-order chi connectivity index (χ0) is 33.6. The van der Waals surface area contributed by atoms with Gasteiger partial charge in [0.15, 0.2) is 6.10 Å². The van der Waals surface area contributed by atoms with E-state index >= 15 is 0 Å². The fraction of sp³-hybridized carbons (Fsp3) is 0.500. The number of hydrogen-bond acceptors (Lipinski definition) is 14. The predicted molar refractivity (Wildman–Crippen MR) is 151 cm³/mol. The fourth-order valence-electron chi connectivity index (χ4n) is 4.18. The summed E-state index contributed by atoms with van der Waals surface area (Å²) in [6.07, 6.45) is -7.16. The maximum absolute atomic E-state index is 12.7. The Morgan fingerprint density at radius 2 is 1.61 bits per heavy atom. The van der Waals surface area contributed by atoms with Crippen LogP contribution in [0.1, 0.15) is 18.4 Å². The summed E-state index contributed by atoms with van der Waals surface area (Å²) in [7, 11) is 0. The SMILES string of the molecule is O=COCc1ccc(O[C@@H]2O[C@H](C(=O)O)[C@@H](O)[C@H](O)[C@H]2O)c(NC(=O)CCNC(=O)CCOCCOCCN2C(=O)C=CC2=O)c1. The van der Waals surface area contributed by atoms with Crippen LogP contribution in [0.15, 0.2) is 30.4 Å². The third kappa shape index (κ3) is 10.6. The van der Waals surface area contributed by atoms with Gasteiger partial charge in [0.05, 0.1) is 38.7 Å². The molecule has 6 N–H and O–H groups in total. The highest BCUT2D eigenvalue weighted by atomic mass is 16.7. The van der Waals surface area contributed by atoms with Crippen LogP contribution in [-0.4, -0.2) is 132 Å². The summed E-state index contributed by atoms with van der Waals surface area (Å²) in [5.41, 5.74) is 0.434. The Morgan fingerprint density at radius 1 is 0.913 bits per heavy atom. The molecular weight excluding hydrogens is 618 g/mol. The lowest BCUT2D eigenvalue weighted by Crippen LogP contribution is -2.61. The van der Waals surface area contributed by atoms with Gasteiger partial charge in [-0.25, -0.2) is 4.79 Å². The molecule has 2 aliphatic heterocycles. The quantitative estimate of drug-likeness (QED) is 0.0509. The first-order valence-corrected chi connectivity index (χ1v) is 14.0. The van der Waals surface area contributed by atoms with Gasteiger partial charge in [-0.3, -0.25) is 28.9 Å². The van der Waals surface area contributed by atoms with E-state index in [0.29, 0.717) is 5.56 Å². The zero-order valence-electron chi connectivity index (χ0n) is 24.4. The van der Waals surface area contributed by atoms with Crippen molar-refractivity contribution in [1.82, 2.24) is 10.2 Å². The second-order valence-corrected chi connectivity index (χ2v) is 9.88. The van der Waals surface area contributed by atoms with Gasteiger partial charge in [0.1, 0.15) is 30.7 Å². The molecule has 2 aliphatic rings. The van der Waals surface area contributed by atoms with Gasteiger partial charge in [-0.2, -0.15) is 0 Å². The molecule has 18 nitrogen and oxygen atoms in total.